The molecule has 1 rings (SSSR count). The molecule has 0 aliphatic rings. The monoisotopic (exact) mass is 222 g/mol. The zero-order chi connectivity index (χ0) is 11.0. The Bertz CT molecular complexity index is 334. The van der Waals surface area contributed by atoms with Gasteiger partial charge >= 0.3 is 0 Å². The lowest BCUT2D eigenvalue weighted by atomic mass is 10.2. The van der Waals surface area contributed by atoms with E-state index in [-0.39, 0.29) is 10.6 Å². The van der Waals surface area contributed by atoms with Gasteiger partial charge in [0.1, 0.15) is 0 Å². The van der Waals surface area contributed by atoms with E-state index in [1.54, 1.807) is 12.1 Å². The molecule has 0 amide bonds. The Morgan fingerprint density at radius 2 is 2.20 bits per heavy atom. The molecule has 2 heteroatoms. The van der Waals surface area contributed by atoms with Crippen molar-refractivity contribution in [1.29, 1.82) is 0 Å². The molecular weight excluding hydrogens is 211 g/mol. The summed E-state index contributed by atoms with van der Waals surface area (Å²) in [6.07, 6.45) is -2.16. The van der Waals surface area contributed by atoms with Crippen LogP contribution in [0.2, 0.25) is 5.02 Å². The minimum atomic E-state index is -2.16. The van der Waals surface area contributed by atoms with Crippen LogP contribution in [0.3, 0.4) is 0 Å². The van der Waals surface area contributed by atoms with Crippen LogP contribution in [0.25, 0.3) is 0 Å². The van der Waals surface area contributed by atoms with E-state index in [2.05, 4.69) is 15.9 Å². The topological polar surface area (TPSA) is 0 Å². The average Bonchev–Trinajstić information content (AvgIpc) is 2.02. The quantitative estimate of drug-likeness (QED) is 0.675. The largest absolute Gasteiger partial charge is 0.0924 e. The van der Waals surface area contributed by atoms with E-state index in [0.717, 1.165) is 0 Å². The third-order valence-electron chi connectivity index (χ3n) is 1.06. The van der Waals surface area contributed by atoms with Crippen molar-refractivity contribution in [3.8, 4) is 0 Å². The van der Waals surface area contributed by atoms with E-state index in [1.165, 1.54) is 12.1 Å². The van der Waals surface area contributed by atoms with Crippen LogP contribution in [0, 0.1) is 0 Å². The number of halogens is 2. The van der Waals surface area contributed by atoms with E-state index in [1.807, 2.05) is 0 Å². The maximum atomic E-state index is 7.62. The first kappa shape index (κ1) is 4.13. The molecule has 0 aliphatic heterocycles. The summed E-state index contributed by atoms with van der Waals surface area (Å²) >= 11 is 8.46. The number of aryl methyl sites for hydroxylation is 1. The molecule has 0 atom stereocenters. The standard InChI is InChI=1S/C8H8BrCl/c9-6-5-7-3-1-2-4-8(7)10/h1-4H,5-6H2/i5D2,6D2. The van der Waals surface area contributed by atoms with Gasteiger partial charge in [0.05, 0.1) is 0 Å². The first-order valence-corrected chi connectivity index (χ1v) is 3.88. The Morgan fingerprint density at radius 3 is 2.80 bits per heavy atom. The molecule has 1 aromatic carbocycles. The van der Waals surface area contributed by atoms with Gasteiger partial charge in [0.15, 0.2) is 0 Å². The Balaban J connectivity index is 3.23. The molecule has 0 bridgehead atoms. The van der Waals surface area contributed by atoms with Gasteiger partial charge in [-0.25, -0.2) is 0 Å². The number of rotatable bonds is 2. The molecule has 0 nitrogen and oxygen atoms in total. The first-order chi connectivity index (χ1) is 6.27. The van der Waals surface area contributed by atoms with Crippen LogP contribution in [0.4, 0.5) is 0 Å². The zero-order valence-corrected chi connectivity index (χ0v) is 7.41. The van der Waals surface area contributed by atoms with Gasteiger partial charge in [-0.1, -0.05) is 45.7 Å². The van der Waals surface area contributed by atoms with Crippen LogP contribution in [-0.4, -0.2) is 5.28 Å². The van der Waals surface area contributed by atoms with Gasteiger partial charge in [0.25, 0.3) is 0 Å². The lowest BCUT2D eigenvalue weighted by Gasteiger charge is -1.98. The summed E-state index contributed by atoms with van der Waals surface area (Å²) in [6.45, 7) is 0. The molecule has 0 saturated carbocycles. The van der Waals surface area contributed by atoms with E-state index >= 15 is 0 Å². The molecule has 54 valence electrons. The Morgan fingerprint density at radius 1 is 1.50 bits per heavy atom. The number of hydrogen-bond donors (Lipinski definition) is 0. The van der Waals surface area contributed by atoms with Crippen molar-refractivity contribution in [2.75, 3.05) is 5.28 Å². The van der Waals surface area contributed by atoms with Crippen molar-refractivity contribution >= 4 is 27.5 Å². The lowest BCUT2D eigenvalue weighted by molar-refractivity contribution is 1.17. The van der Waals surface area contributed by atoms with E-state index in [9.17, 15) is 0 Å². The minimum absolute atomic E-state index is 0.142. The molecule has 0 aliphatic carbocycles. The maximum absolute atomic E-state index is 7.62. The van der Waals surface area contributed by atoms with Crippen LogP contribution in [0.5, 0.6) is 0 Å². The molecule has 0 spiro atoms. The van der Waals surface area contributed by atoms with E-state index < -0.39 is 11.7 Å². The van der Waals surface area contributed by atoms with Gasteiger partial charge in [-0.05, 0) is 18.0 Å². The van der Waals surface area contributed by atoms with Crippen molar-refractivity contribution in [1.82, 2.24) is 0 Å². The van der Waals surface area contributed by atoms with Crippen molar-refractivity contribution in [2.45, 2.75) is 6.37 Å². The van der Waals surface area contributed by atoms with Crippen molar-refractivity contribution in [2.24, 2.45) is 0 Å². The zero-order valence-electron chi connectivity index (χ0n) is 9.07. The molecule has 0 saturated heterocycles. The van der Waals surface area contributed by atoms with Crippen molar-refractivity contribution in [3.63, 3.8) is 0 Å². The summed E-state index contributed by atoms with van der Waals surface area (Å²) in [4.78, 5) is 0. The van der Waals surface area contributed by atoms with Crippen molar-refractivity contribution < 1.29 is 5.48 Å². The summed E-state index contributed by atoms with van der Waals surface area (Å²) < 4.78 is 29.9. The van der Waals surface area contributed by atoms with Gasteiger partial charge in [0.2, 0.25) is 0 Å². The second-order valence-electron chi connectivity index (χ2n) is 1.70. The predicted octanol–water partition coefficient (Wildman–Crippen LogP) is 3.28. The fraction of sp³-hybridized carbons (Fsp3) is 0.250. The van der Waals surface area contributed by atoms with Gasteiger partial charge < -0.3 is 0 Å². The smallest absolute Gasteiger partial charge is 0.0438 e. The van der Waals surface area contributed by atoms with Crippen molar-refractivity contribution in [3.05, 3.63) is 34.9 Å². The summed E-state index contributed by atoms with van der Waals surface area (Å²) in [7, 11) is 0. The van der Waals surface area contributed by atoms with E-state index in [0.29, 0.717) is 0 Å². The van der Waals surface area contributed by atoms with Gasteiger partial charge in [-0.15, -0.1) is 0 Å². The SMILES string of the molecule is [2H]C([2H])(Br)C([2H])([2H])c1ccccc1Cl. The van der Waals surface area contributed by atoms with Gasteiger partial charge in [0, 0.05) is 15.8 Å². The van der Waals surface area contributed by atoms with Gasteiger partial charge in [-0.3, -0.25) is 0 Å². The third-order valence-corrected chi connectivity index (χ3v) is 1.58. The molecule has 0 heterocycles. The molecular formula is C8H8BrCl. The molecule has 0 fully saturated rings. The maximum Gasteiger partial charge on any atom is 0.0438 e. The Hall–Kier alpha value is -0.0100. The Labute approximate surface area is 80.0 Å². The Kier molecular flexibility index (Phi) is 1.65. The van der Waals surface area contributed by atoms with Crippen LogP contribution in [0.15, 0.2) is 24.3 Å². The predicted molar refractivity (Wildman–Crippen MR) is 49.0 cm³/mol. The lowest BCUT2D eigenvalue weighted by Crippen LogP contribution is -1.85. The minimum Gasteiger partial charge on any atom is -0.0924 e. The molecule has 0 unspecified atom stereocenters. The summed E-state index contributed by atoms with van der Waals surface area (Å²) in [5, 5.41) is -1.92. The fourth-order valence-electron chi connectivity index (χ4n) is 0.613. The highest BCUT2D eigenvalue weighted by Gasteiger charge is 1.95. The summed E-state index contributed by atoms with van der Waals surface area (Å²) in [5.74, 6) is 0. The average molecular weight is 224 g/mol. The molecule has 0 N–H and O–H groups in total. The summed E-state index contributed by atoms with van der Waals surface area (Å²) in [6, 6.07) is 6.30. The highest BCUT2D eigenvalue weighted by molar-refractivity contribution is 9.09. The first-order valence-electron chi connectivity index (χ1n) is 4.71. The fourth-order valence-corrected chi connectivity index (χ4v) is 1.01. The van der Waals surface area contributed by atoms with Crippen LogP contribution >= 0.6 is 27.5 Å². The summed E-state index contributed by atoms with van der Waals surface area (Å²) in [5.41, 5.74) is 0.142. The molecule has 10 heavy (non-hydrogen) atoms. The number of alkyl halides is 1. The molecule has 0 aromatic heterocycles. The molecule has 1 aromatic rings. The third kappa shape index (κ3) is 1.99. The van der Waals surface area contributed by atoms with Crippen LogP contribution < -0.4 is 0 Å². The van der Waals surface area contributed by atoms with Crippen LogP contribution in [0.1, 0.15) is 11.0 Å². The second kappa shape index (κ2) is 3.99. The highest BCUT2D eigenvalue weighted by Crippen LogP contribution is 2.15. The highest BCUT2D eigenvalue weighted by atomic mass is 79.9. The van der Waals surface area contributed by atoms with E-state index in [4.69, 9.17) is 17.1 Å². The van der Waals surface area contributed by atoms with Gasteiger partial charge in [-0.2, -0.15) is 0 Å². The second-order valence-corrected chi connectivity index (χ2v) is 2.50. The number of benzene rings is 1. The molecule has 0 radical (unpaired) electrons. The number of hydrogen-bond acceptors (Lipinski definition) is 0. The van der Waals surface area contributed by atoms with Crippen LogP contribution in [-0.2, 0) is 6.37 Å². The normalized spacial score (nSPS) is 18.6.